The van der Waals surface area contributed by atoms with Crippen molar-refractivity contribution in [1.29, 1.82) is 0 Å². The third kappa shape index (κ3) is 2.65. The monoisotopic (exact) mass is 320 g/mol. The van der Waals surface area contributed by atoms with Gasteiger partial charge in [-0.1, -0.05) is 24.3 Å². The molecule has 22 heavy (non-hydrogen) atoms. The molecule has 3 aliphatic rings. The van der Waals surface area contributed by atoms with Gasteiger partial charge in [0.15, 0.2) is 0 Å². The molecule has 2 aliphatic heterocycles. The third-order valence-corrected chi connectivity index (χ3v) is 5.95. The zero-order valence-electron chi connectivity index (χ0n) is 13.0. The van der Waals surface area contributed by atoms with Crippen LogP contribution in [0.15, 0.2) is 24.3 Å². The van der Waals surface area contributed by atoms with E-state index in [0.717, 1.165) is 32.6 Å². The largest absolute Gasteiger partial charge is 0.342 e. The van der Waals surface area contributed by atoms with Crippen LogP contribution in [0.3, 0.4) is 0 Å². The molecule has 0 radical (unpaired) electrons. The Labute approximate surface area is 138 Å². The summed E-state index contributed by atoms with van der Waals surface area (Å²) >= 11 is 0. The zero-order valence-corrected chi connectivity index (χ0v) is 13.8. The Kier molecular flexibility index (Phi) is 4.47. The summed E-state index contributed by atoms with van der Waals surface area (Å²) in [6.45, 7) is 4.25. The zero-order chi connectivity index (χ0) is 14.3. The van der Waals surface area contributed by atoms with Crippen LogP contribution in [0.2, 0.25) is 0 Å². The summed E-state index contributed by atoms with van der Waals surface area (Å²) in [6, 6.07) is 8.40. The first-order valence-electron chi connectivity index (χ1n) is 8.35. The van der Waals surface area contributed by atoms with E-state index in [1.165, 1.54) is 36.8 Å². The molecule has 4 heteroatoms. The molecule has 1 spiro atoms. The Hall–Kier alpha value is -1.06. The van der Waals surface area contributed by atoms with E-state index in [2.05, 4.69) is 34.5 Å². The van der Waals surface area contributed by atoms with Crippen LogP contribution in [0, 0.1) is 5.41 Å². The van der Waals surface area contributed by atoms with Gasteiger partial charge in [-0.05, 0) is 61.7 Å². The topological polar surface area (TPSA) is 32.3 Å². The SMILES string of the molecule is Cl.O=C(C1Cc2ccccc21)N1CCC2(CCNCC2)CC1. The predicted octanol–water partition coefficient (Wildman–Crippen LogP) is 2.74. The minimum absolute atomic E-state index is 0. The number of rotatable bonds is 1. The van der Waals surface area contributed by atoms with Crippen LogP contribution in [0.4, 0.5) is 0 Å². The van der Waals surface area contributed by atoms with Gasteiger partial charge in [0, 0.05) is 13.1 Å². The standard InChI is InChI=1S/C18H24N2O.ClH/c21-17(16-13-14-3-1-2-4-15(14)16)20-11-7-18(8-12-20)5-9-19-10-6-18;/h1-4,16,19H,5-13H2;1H. The van der Waals surface area contributed by atoms with Crippen LogP contribution in [0.25, 0.3) is 0 Å². The summed E-state index contributed by atoms with van der Waals surface area (Å²) < 4.78 is 0. The number of carbonyl (C=O) groups is 1. The fraction of sp³-hybridized carbons (Fsp3) is 0.611. The molecule has 3 nitrogen and oxygen atoms in total. The van der Waals surface area contributed by atoms with Gasteiger partial charge in [0.05, 0.1) is 5.92 Å². The number of fused-ring (bicyclic) bond motifs is 1. The summed E-state index contributed by atoms with van der Waals surface area (Å²) in [7, 11) is 0. The fourth-order valence-electron chi connectivity index (χ4n) is 4.36. The van der Waals surface area contributed by atoms with Crippen molar-refractivity contribution < 1.29 is 4.79 Å². The van der Waals surface area contributed by atoms with Gasteiger partial charge >= 0.3 is 0 Å². The first-order chi connectivity index (χ1) is 10.3. The van der Waals surface area contributed by atoms with Crippen molar-refractivity contribution in [2.24, 2.45) is 5.41 Å². The molecular formula is C18H25ClN2O. The van der Waals surface area contributed by atoms with Crippen molar-refractivity contribution in [3.8, 4) is 0 Å². The molecule has 1 aliphatic carbocycles. The van der Waals surface area contributed by atoms with Crippen molar-refractivity contribution in [3.05, 3.63) is 35.4 Å². The molecule has 2 heterocycles. The second-order valence-electron chi connectivity index (χ2n) is 7.03. The van der Waals surface area contributed by atoms with Gasteiger partial charge in [-0.15, -0.1) is 12.4 Å². The average molecular weight is 321 g/mol. The second kappa shape index (κ2) is 6.21. The van der Waals surface area contributed by atoms with E-state index >= 15 is 0 Å². The van der Waals surface area contributed by atoms with E-state index < -0.39 is 0 Å². The molecule has 4 rings (SSSR count). The lowest BCUT2D eigenvalue weighted by Crippen LogP contribution is -2.49. The smallest absolute Gasteiger partial charge is 0.230 e. The van der Waals surface area contributed by atoms with E-state index in [1.807, 2.05) is 0 Å². The van der Waals surface area contributed by atoms with Gasteiger partial charge in [0.25, 0.3) is 0 Å². The van der Waals surface area contributed by atoms with Gasteiger partial charge in [0.2, 0.25) is 5.91 Å². The number of likely N-dealkylation sites (tertiary alicyclic amines) is 1. The third-order valence-electron chi connectivity index (χ3n) is 5.95. The molecule has 0 bridgehead atoms. The first-order valence-corrected chi connectivity index (χ1v) is 8.35. The fourth-order valence-corrected chi connectivity index (χ4v) is 4.36. The maximum atomic E-state index is 12.7. The Morgan fingerprint density at radius 2 is 1.77 bits per heavy atom. The van der Waals surface area contributed by atoms with E-state index in [4.69, 9.17) is 0 Å². The summed E-state index contributed by atoms with van der Waals surface area (Å²) in [5.41, 5.74) is 3.16. The van der Waals surface area contributed by atoms with E-state index in [1.54, 1.807) is 0 Å². The van der Waals surface area contributed by atoms with E-state index in [-0.39, 0.29) is 18.3 Å². The number of benzene rings is 1. The van der Waals surface area contributed by atoms with Crippen LogP contribution in [-0.2, 0) is 11.2 Å². The van der Waals surface area contributed by atoms with Crippen LogP contribution < -0.4 is 5.32 Å². The molecule has 1 aromatic rings. The average Bonchev–Trinajstić information content (AvgIpc) is 2.50. The Morgan fingerprint density at radius 1 is 1.09 bits per heavy atom. The number of hydrogen-bond acceptors (Lipinski definition) is 2. The molecular weight excluding hydrogens is 296 g/mol. The molecule has 1 N–H and O–H groups in total. The number of nitrogens with one attached hydrogen (secondary N) is 1. The van der Waals surface area contributed by atoms with Gasteiger partial charge in [-0.25, -0.2) is 0 Å². The quantitative estimate of drug-likeness (QED) is 0.863. The van der Waals surface area contributed by atoms with Crippen LogP contribution in [-0.4, -0.2) is 37.0 Å². The number of halogens is 1. The van der Waals surface area contributed by atoms with Gasteiger partial charge in [-0.2, -0.15) is 0 Å². The van der Waals surface area contributed by atoms with Crippen molar-refractivity contribution in [2.45, 2.75) is 38.0 Å². The minimum atomic E-state index is 0. The van der Waals surface area contributed by atoms with Gasteiger partial charge < -0.3 is 10.2 Å². The maximum Gasteiger partial charge on any atom is 0.230 e. The molecule has 1 atom stereocenters. The number of nitrogens with zero attached hydrogens (tertiary/aromatic N) is 1. The van der Waals surface area contributed by atoms with Crippen LogP contribution >= 0.6 is 12.4 Å². The van der Waals surface area contributed by atoms with Gasteiger partial charge in [0.1, 0.15) is 0 Å². The van der Waals surface area contributed by atoms with Gasteiger partial charge in [-0.3, -0.25) is 4.79 Å². The molecule has 1 amide bonds. The summed E-state index contributed by atoms with van der Waals surface area (Å²) in [5.74, 6) is 0.515. The number of carbonyl (C=O) groups excluding carboxylic acids is 1. The number of amides is 1. The molecule has 0 saturated carbocycles. The second-order valence-corrected chi connectivity index (χ2v) is 7.03. The van der Waals surface area contributed by atoms with Crippen molar-refractivity contribution in [2.75, 3.05) is 26.2 Å². The number of hydrogen-bond donors (Lipinski definition) is 1. The lowest BCUT2D eigenvalue weighted by Gasteiger charge is -2.45. The molecule has 0 aromatic heterocycles. The summed E-state index contributed by atoms with van der Waals surface area (Å²) in [5, 5.41) is 3.46. The lowest BCUT2D eigenvalue weighted by atomic mass is 9.71. The minimum Gasteiger partial charge on any atom is -0.342 e. The number of piperidine rings is 2. The van der Waals surface area contributed by atoms with E-state index in [0.29, 0.717) is 11.3 Å². The predicted molar refractivity (Wildman–Crippen MR) is 90.5 cm³/mol. The Bertz CT molecular complexity index is 544. The highest BCUT2D eigenvalue weighted by atomic mass is 35.5. The highest BCUT2D eigenvalue weighted by Crippen LogP contribution is 2.41. The van der Waals surface area contributed by atoms with Crippen molar-refractivity contribution >= 4 is 18.3 Å². The Balaban J connectivity index is 0.00000144. The van der Waals surface area contributed by atoms with Crippen molar-refractivity contribution in [1.82, 2.24) is 10.2 Å². The molecule has 120 valence electrons. The van der Waals surface area contributed by atoms with Crippen molar-refractivity contribution in [3.63, 3.8) is 0 Å². The molecule has 2 fully saturated rings. The van der Waals surface area contributed by atoms with E-state index in [9.17, 15) is 4.79 Å². The summed E-state index contributed by atoms with van der Waals surface area (Å²) in [4.78, 5) is 14.9. The summed E-state index contributed by atoms with van der Waals surface area (Å²) in [6.07, 6.45) is 5.94. The molecule has 1 aromatic carbocycles. The molecule has 1 unspecified atom stereocenters. The molecule has 2 saturated heterocycles. The Morgan fingerprint density at radius 3 is 2.45 bits per heavy atom. The van der Waals surface area contributed by atoms with Crippen LogP contribution in [0.5, 0.6) is 0 Å². The van der Waals surface area contributed by atoms with Crippen LogP contribution in [0.1, 0.15) is 42.7 Å². The highest BCUT2D eigenvalue weighted by molar-refractivity contribution is 5.87. The first kappa shape index (κ1) is 15.8. The lowest BCUT2D eigenvalue weighted by molar-refractivity contribution is -0.136. The highest BCUT2D eigenvalue weighted by Gasteiger charge is 2.40. The normalized spacial score (nSPS) is 25.8. The maximum absolute atomic E-state index is 12.7.